The quantitative estimate of drug-likeness (QED) is 0.900. The monoisotopic (exact) mass is 255 g/mol. The van der Waals surface area contributed by atoms with Crippen LogP contribution in [0.5, 0.6) is 0 Å². The van der Waals surface area contributed by atoms with Gasteiger partial charge in [0.1, 0.15) is 0 Å². The van der Waals surface area contributed by atoms with Crippen molar-refractivity contribution in [1.82, 2.24) is 10.2 Å². The first-order valence-corrected chi connectivity index (χ1v) is 7.33. The molecule has 2 aliphatic rings. The van der Waals surface area contributed by atoms with Crippen LogP contribution in [0.25, 0.3) is 0 Å². The molecule has 0 aromatic heterocycles. The molecule has 0 spiro atoms. The summed E-state index contributed by atoms with van der Waals surface area (Å²) in [7, 11) is 0. The van der Waals surface area contributed by atoms with Crippen LogP contribution in [0.4, 0.5) is 0 Å². The predicted molar refractivity (Wildman–Crippen MR) is 75.6 cm³/mol. The van der Waals surface area contributed by atoms with Crippen LogP contribution in [-0.4, -0.2) is 30.1 Å². The van der Waals surface area contributed by atoms with Crippen LogP contribution in [-0.2, 0) is 6.54 Å². The Balaban J connectivity index is 1.55. The highest BCUT2D eigenvalue weighted by atomic mass is 15.2. The minimum atomic E-state index is 0.649. The number of rotatable bonds is 3. The number of nitrogens with one attached hydrogen (secondary N) is 1. The second-order valence-corrected chi connectivity index (χ2v) is 5.68. The molecule has 3 heteroatoms. The molecule has 0 saturated carbocycles. The molecule has 1 aromatic rings. The smallest absolute Gasteiger partial charge is 0.0991 e. The molecule has 3 rings (SSSR count). The number of hydrogen-bond donors (Lipinski definition) is 1. The largest absolute Gasteiger partial charge is 0.308 e. The number of piperidine rings is 1. The van der Waals surface area contributed by atoms with Crippen molar-refractivity contribution in [3.63, 3.8) is 0 Å². The summed E-state index contributed by atoms with van der Waals surface area (Å²) in [6, 6.07) is 11.5. The van der Waals surface area contributed by atoms with Gasteiger partial charge in [-0.25, -0.2) is 0 Å². The predicted octanol–water partition coefficient (Wildman–Crippen LogP) is 2.27. The van der Waals surface area contributed by atoms with Gasteiger partial charge in [-0.1, -0.05) is 18.6 Å². The third-order valence-electron chi connectivity index (χ3n) is 4.51. The van der Waals surface area contributed by atoms with E-state index in [9.17, 15) is 0 Å². The van der Waals surface area contributed by atoms with Crippen molar-refractivity contribution in [1.29, 1.82) is 5.26 Å². The van der Waals surface area contributed by atoms with E-state index in [1.54, 1.807) is 0 Å². The summed E-state index contributed by atoms with van der Waals surface area (Å²) in [5.41, 5.74) is 2.01. The van der Waals surface area contributed by atoms with Gasteiger partial charge in [-0.2, -0.15) is 5.26 Å². The van der Waals surface area contributed by atoms with E-state index in [1.807, 2.05) is 12.1 Å². The van der Waals surface area contributed by atoms with Gasteiger partial charge in [0.25, 0.3) is 0 Å². The highest BCUT2D eigenvalue weighted by molar-refractivity contribution is 5.31. The standard InChI is InChI=1S/C16H21N3/c17-11-13-4-6-14(7-5-13)12-18-15-8-10-19-9-2-1-3-16(15)19/h4-7,15-16,18H,1-3,8-10,12H2/t15-,16-/m1/s1. The van der Waals surface area contributed by atoms with Gasteiger partial charge in [0, 0.05) is 25.2 Å². The number of hydrogen-bond acceptors (Lipinski definition) is 3. The molecule has 100 valence electrons. The zero-order valence-corrected chi connectivity index (χ0v) is 11.3. The van der Waals surface area contributed by atoms with Crippen LogP contribution >= 0.6 is 0 Å². The van der Waals surface area contributed by atoms with Crippen molar-refractivity contribution in [3.8, 4) is 6.07 Å². The molecule has 2 fully saturated rings. The summed E-state index contributed by atoms with van der Waals surface area (Å²) in [6.07, 6.45) is 5.39. The maximum Gasteiger partial charge on any atom is 0.0991 e. The maximum atomic E-state index is 8.79. The van der Waals surface area contributed by atoms with Crippen molar-refractivity contribution in [2.24, 2.45) is 0 Å². The molecule has 0 unspecified atom stereocenters. The van der Waals surface area contributed by atoms with Gasteiger partial charge in [-0.15, -0.1) is 0 Å². The Morgan fingerprint density at radius 3 is 2.79 bits per heavy atom. The van der Waals surface area contributed by atoms with Crippen LogP contribution in [0.2, 0.25) is 0 Å². The van der Waals surface area contributed by atoms with Crippen molar-refractivity contribution in [2.45, 2.75) is 44.3 Å². The van der Waals surface area contributed by atoms with Crippen molar-refractivity contribution in [3.05, 3.63) is 35.4 Å². The van der Waals surface area contributed by atoms with E-state index in [2.05, 4.69) is 28.4 Å². The zero-order valence-electron chi connectivity index (χ0n) is 11.3. The van der Waals surface area contributed by atoms with Gasteiger partial charge in [-0.3, -0.25) is 4.90 Å². The number of benzene rings is 1. The molecule has 2 atom stereocenters. The van der Waals surface area contributed by atoms with E-state index >= 15 is 0 Å². The first-order valence-electron chi connectivity index (χ1n) is 7.33. The summed E-state index contributed by atoms with van der Waals surface area (Å²) < 4.78 is 0. The van der Waals surface area contributed by atoms with Gasteiger partial charge in [0.2, 0.25) is 0 Å². The van der Waals surface area contributed by atoms with Crippen molar-refractivity contribution in [2.75, 3.05) is 13.1 Å². The van der Waals surface area contributed by atoms with E-state index in [-0.39, 0.29) is 0 Å². The van der Waals surface area contributed by atoms with E-state index in [0.29, 0.717) is 6.04 Å². The lowest BCUT2D eigenvalue weighted by atomic mass is 9.99. The maximum absolute atomic E-state index is 8.79. The molecule has 1 aromatic carbocycles. The van der Waals surface area contributed by atoms with E-state index in [4.69, 9.17) is 5.26 Å². The second kappa shape index (κ2) is 5.73. The number of nitriles is 1. The molecule has 3 nitrogen and oxygen atoms in total. The van der Waals surface area contributed by atoms with Crippen molar-refractivity contribution >= 4 is 0 Å². The zero-order chi connectivity index (χ0) is 13.1. The van der Waals surface area contributed by atoms with Gasteiger partial charge in [0.05, 0.1) is 11.6 Å². The minimum absolute atomic E-state index is 0.649. The summed E-state index contributed by atoms with van der Waals surface area (Å²) in [5, 5.41) is 12.5. The Morgan fingerprint density at radius 2 is 2.00 bits per heavy atom. The highest BCUT2D eigenvalue weighted by Crippen LogP contribution is 2.27. The molecular weight excluding hydrogens is 234 g/mol. The Hall–Kier alpha value is -1.37. The van der Waals surface area contributed by atoms with Gasteiger partial charge >= 0.3 is 0 Å². The van der Waals surface area contributed by atoms with E-state index < -0.39 is 0 Å². The molecule has 2 aliphatic heterocycles. The average molecular weight is 255 g/mol. The van der Waals surface area contributed by atoms with E-state index in [0.717, 1.165) is 18.2 Å². The normalized spacial score (nSPS) is 26.9. The molecule has 2 heterocycles. The molecule has 0 radical (unpaired) electrons. The first-order chi connectivity index (χ1) is 9.36. The summed E-state index contributed by atoms with van der Waals surface area (Å²) >= 11 is 0. The summed E-state index contributed by atoms with van der Waals surface area (Å²) in [4.78, 5) is 2.65. The molecule has 0 amide bonds. The highest BCUT2D eigenvalue weighted by Gasteiger charge is 2.34. The van der Waals surface area contributed by atoms with Gasteiger partial charge < -0.3 is 5.32 Å². The number of fused-ring (bicyclic) bond motifs is 1. The molecule has 1 N–H and O–H groups in total. The molecule has 0 bridgehead atoms. The lowest BCUT2D eigenvalue weighted by Gasteiger charge is -2.32. The molecule has 2 saturated heterocycles. The fraction of sp³-hybridized carbons (Fsp3) is 0.562. The van der Waals surface area contributed by atoms with Gasteiger partial charge in [0.15, 0.2) is 0 Å². The SMILES string of the molecule is N#Cc1ccc(CN[C@@H]2CCN3CCCC[C@H]23)cc1. The first kappa shape index (κ1) is 12.7. The van der Waals surface area contributed by atoms with E-state index in [1.165, 1.54) is 44.3 Å². The Morgan fingerprint density at radius 1 is 1.16 bits per heavy atom. The summed E-state index contributed by atoms with van der Waals surface area (Å²) in [5.74, 6) is 0. The van der Waals surface area contributed by atoms with Gasteiger partial charge in [-0.05, 0) is 43.5 Å². The minimum Gasteiger partial charge on any atom is -0.308 e. The molecular formula is C16H21N3. The van der Waals surface area contributed by atoms with Crippen molar-refractivity contribution < 1.29 is 0 Å². The van der Waals surface area contributed by atoms with Crippen LogP contribution in [0.15, 0.2) is 24.3 Å². The third kappa shape index (κ3) is 2.80. The Kier molecular flexibility index (Phi) is 3.82. The average Bonchev–Trinajstić information content (AvgIpc) is 2.89. The third-order valence-corrected chi connectivity index (χ3v) is 4.51. The lowest BCUT2D eigenvalue weighted by molar-refractivity contribution is 0.180. The molecule has 19 heavy (non-hydrogen) atoms. The van der Waals surface area contributed by atoms with Crippen LogP contribution in [0.3, 0.4) is 0 Å². The summed E-state index contributed by atoms with van der Waals surface area (Å²) in [6.45, 7) is 3.47. The fourth-order valence-electron chi connectivity index (χ4n) is 3.43. The second-order valence-electron chi connectivity index (χ2n) is 5.68. The fourth-order valence-corrected chi connectivity index (χ4v) is 3.43. The lowest BCUT2D eigenvalue weighted by Crippen LogP contribution is -2.44. The Bertz CT molecular complexity index is 460. The number of nitrogens with zero attached hydrogens (tertiary/aromatic N) is 2. The molecule has 0 aliphatic carbocycles. The van der Waals surface area contributed by atoms with Crippen LogP contribution in [0, 0.1) is 11.3 Å². The topological polar surface area (TPSA) is 39.1 Å². The van der Waals surface area contributed by atoms with Crippen LogP contribution in [0.1, 0.15) is 36.8 Å². The van der Waals surface area contributed by atoms with Crippen LogP contribution < -0.4 is 5.32 Å². The Labute approximate surface area is 115 Å².